The molecule has 0 spiro atoms. The van der Waals surface area contributed by atoms with Crippen molar-refractivity contribution in [3.63, 3.8) is 0 Å². The molecule has 2 heterocycles. The highest BCUT2D eigenvalue weighted by molar-refractivity contribution is 6.19. The monoisotopic (exact) mass is 714 g/mol. The van der Waals surface area contributed by atoms with E-state index < -0.39 is 11.5 Å². The van der Waals surface area contributed by atoms with Gasteiger partial charge >= 0.3 is 0 Å². The quantitative estimate of drug-likeness (QED) is 0.117. The average Bonchev–Trinajstić information content (AvgIpc) is 3.72. The molecule has 9 nitrogen and oxygen atoms in total. The fourth-order valence-electron chi connectivity index (χ4n) is 4.83. The van der Waals surface area contributed by atoms with Crippen molar-refractivity contribution in [3.05, 3.63) is 23.5 Å². The van der Waals surface area contributed by atoms with E-state index in [2.05, 4.69) is 47.3 Å². The molecule has 2 aliphatic heterocycles. The van der Waals surface area contributed by atoms with Crippen molar-refractivity contribution in [2.75, 3.05) is 82.8 Å². The van der Waals surface area contributed by atoms with Gasteiger partial charge in [0.2, 0.25) is 11.8 Å². The number of hydrogen-bond acceptors (Lipinski definition) is 7. The average molecular weight is 717 g/mol. The second-order valence-corrected chi connectivity index (χ2v) is 14.1. The largest absolute Gasteiger partial charge is 0.388 e. The zero-order chi connectivity index (χ0) is 33.4. The van der Waals surface area contributed by atoms with Crippen LogP contribution in [0.5, 0.6) is 0 Å². The minimum atomic E-state index is -0.961. The fourth-order valence-corrected chi connectivity index (χ4v) is 5.44. The molecule has 0 aliphatic carbocycles. The van der Waals surface area contributed by atoms with Crippen molar-refractivity contribution in [1.82, 2.24) is 21.3 Å². The van der Waals surface area contributed by atoms with Gasteiger partial charge in [-0.05, 0) is 5.92 Å². The summed E-state index contributed by atoms with van der Waals surface area (Å²) in [6.45, 7) is 13.5. The Hall–Kier alpha value is -0.940. The Morgan fingerprint density at radius 3 is 1.71 bits per heavy atom. The molecule has 0 aromatic heterocycles. The van der Waals surface area contributed by atoms with Crippen LogP contribution in [0.1, 0.15) is 34.6 Å². The molecule has 2 amide bonds. The first-order valence-corrected chi connectivity index (χ1v) is 18.1. The van der Waals surface area contributed by atoms with E-state index in [1.165, 1.54) is 0 Å². The normalized spacial score (nSPS) is 22.6. The summed E-state index contributed by atoms with van der Waals surface area (Å²) >= 11 is 24.0. The van der Waals surface area contributed by atoms with Crippen LogP contribution in [-0.4, -0.2) is 100 Å². The minimum Gasteiger partial charge on any atom is -0.388 e. The summed E-state index contributed by atoms with van der Waals surface area (Å²) in [7, 11) is 0. The highest BCUT2D eigenvalue weighted by atomic mass is 35.5. The van der Waals surface area contributed by atoms with Crippen molar-refractivity contribution in [2.45, 2.75) is 40.2 Å². The first-order valence-electron chi connectivity index (χ1n) is 15.9. The van der Waals surface area contributed by atoms with Crippen LogP contribution in [0.2, 0.25) is 0 Å². The fraction of sp³-hybridized carbons (Fsp3) is 0.812. The third kappa shape index (κ3) is 14.0. The minimum absolute atomic E-state index is 0.0302. The third-order valence-electron chi connectivity index (χ3n) is 8.06. The Morgan fingerprint density at radius 2 is 1.24 bits per heavy atom. The van der Waals surface area contributed by atoms with Crippen LogP contribution in [0.15, 0.2) is 23.5 Å². The van der Waals surface area contributed by atoms with Gasteiger partial charge in [-0.2, -0.15) is 0 Å². The maximum absolute atomic E-state index is 13.2. The molecule has 0 bridgehead atoms. The highest BCUT2D eigenvalue weighted by Crippen LogP contribution is 2.21. The number of allylic oxidation sites excluding steroid dienone is 2. The van der Waals surface area contributed by atoms with Crippen LogP contribution in [0.4, 0.5) is 0 Å². The number of carbonyl (C=O) groups excluding carboxylic acids is 2. The summed E-state index contributed by atoms with van der Waals surface area (Å²) in [5.74, 6) is 1.44. The number of hydrogen-bond donors (Lipinski definition) is 4. The maximum atomic E-state index is 13.2. The molecule has 2 aliphatic rings. The van der Waals surface area contributed by atoms with Crippen molar-refractivity contribution in [3.8, 4) is 0 Å². The first-order chi connectivity index (χ1) is 21.5. The second kappa shape index (κ2) is 21.1. The van der Waals surface area contributed by atoms with Gasteiger partial charge in [0, 0.05) is 90.1 Å². The van der Waals surface area contributed by atoms with Crippen molar-refractivity contribution < 1.29 is 23.8 Å². The van der Waals surface area contributed by atoms with E-state index >= 15 is 0 Å². The summed E-state index contributed by atoms with van der Waals surface area (Å²) in [6, 6.07) is 0. The van der Waals surface area contributed by atoms with Gasteiger partial charge in [0.1, 0.15) is 5.54 Å². The maximum Gasteiger partial charge on any atom is 0.224 e. The van der Waals surface area contributed by atoms with Crippen LogP contribution in [-0.2, 0) is 23.8 Å². The van der Waals surface area contributed by atoms with Gasteiger partial charge < -0.3 is 35.5 Å². The van der Waals surface area contributed by atoms with Gasteiger partial charge in [0.15, 0.2) is 0 Å². The topological polar surface area (TPSA) is 110 Å². The van der Waals surface area contributed by atoms with Crippen LogP contribution < -0.4 is 21.3 Å². The van der Waals surface area contributed by atoms with Gasteiger partial charge in [-0.25, -0.2) is 0 Å². The molecule has 45 heavy (non-hydrogen) atoms. The third-order valence-corrected chi connectivity index (χ3v) is 9.92. The Bertz CT molecular complexity index is 930. The molecule has 0 aromatic rings. The Morgan fingerprint density at radius 1 is 0.778 bits per heavy atom. The predicted molar refractivity (Wildman–Crippen MR) is 184 cm³/mol. The lowest BCUT2D eigenvalue weighted by atomic mass is 10.0. The number of halogens is 4. The highest BCUT2D eigenvalue weighted by Gasteiger charge is 2.36. The van der Waals surface area contributed by atoms with Crippen molar-refractivity contribution in [2.24, 2.45) is 41.4 Å². The lowest BCUT2D eigenvalue weighted by molar-refractivity contribution is -0.131. The Balaban J connectivity index is 2.13. The Labute approximate surface area is 290 Å². The zero-order valence-corrected chi connectivity index (χ0v) is 30.5. The number of amides is 2. The molecule has 0 saturated heterocycles. The molecule has 7 atom stereocenters. The van der Waals surface area contributed by atoms with E-state index in [4.69, 9.17) is 60.6 Å². The predicted octanol–water partition coefficient (Wildman–Crippen LogP) is 4.35. The molecular formula is C32H54Cl4N4O5. The van der Waals surface area contributed by atoms with Gasteiger partial charge in [-0.3, -0.25) is 9.59 Å². The summed E-state index contributed by atoms with van der Waals surface area (Å²) < 4.78 is 18.8. The van der Waals surface area contributed by atoms with Crippen LogP contribution in [0.3, 0.4) is 0 Å². The molecule has 260 valence electrons. The SMILES string of the molecule is CC(CNC(=O)C(C)CCl)COCC(COCC1C=C(C(C)CCl)NC1)(COCC1C=C(C(C)CCl)NC1)NC(=O)C(C)CCl. The Kier molecular flexibility index (Phi) is 18.9. The molecule has 0 aromatic carbocycles. The number of nitrogens with one attached hydrogen (secondary N) is 4. The molecule has 0 radical (unpaired) electrons. The van der Waals surface area contributed by atoms with Gasteiger partial charge in [-0.1, -0.05) is 46.8 Å². The standard InChI is InChI=1S/C32H54Cl4N4O5/c1-21(12-39-30(41)24(4)10-35)15-43-18-32(40-31(42)25(5)11-36,19-44-16-26-6-28(37-13-26)22(2)8-33)20-45-17-27-7-29(38-14-27)23(3)9-34/h6-7,21-27,37-38H,8-20H2,1-5H3,(H,39,41)(H,40,42). The summed E-state index contributed by atoms with van der Waals surface area (Å²) in [6.07, 6.45) is 4.35. The molecular weight excluding hydrogens is 662 g/mol. The summed E-state index contributed by atoms with van der Waals surface area (Å²) in [5, 5.41) is 12.9. The lowest BCUT2D eigenvalue weighted by Gasteiger charge is -2.36. The molecule has 7 unspecified atom stereocenters. The first kappa shape index (κ1) is 40.2. The smallest absolute Gasteiger partial charge is 0.224 e. The molecule has 13 heteroatoms. The summed E-state index contributed by atoms with van der Waals surface area (Å²) in [4.78, 5) is 25.4. The van der Waals surface area contributed by atoms with E-state index in [1.54, 1.807) is 13.8 Å². The molecule has 2 rings (SSSR count). The van der Waals surface area contributed by atoms with Crippen molar-refractivity contribution >= 4 is 58.2 Å². The zero-order valence-electron chi connectivity index (χ0n) is 27.4. The molecule has 0 fully saturated rings. The number of rotatable bonds is 23. The van der Waals surface area contributed by atoms with Crippen LogP contribution in [0, 0.1) is 41.4 Å². The molecule has 4 N–H and O–H groups in total. The van der Waals surface area contributed by atoms with E-state index in [-0.39, 0.29) is 78.9 Å². The number of alkyl halides is 4. The van der Waals surface area contributed by atoms with E-state index in [0.717, 1.165) is 24.5 Å². The molecule has 0 saturated carbocycles. The second-order valence-electron chi connectivity index (χ2n) is 12.9. The van der Waals surface area contributed by atoms with E-state index in [9.17, 15) is 9.59 Å². The van der Waals surface area contributed by atoms with Gasteiger partial charge in [0.05, 0.1) is 39.6 Å². The van der Waals surface area contributed by atoms with E-state index in [1.807, 2.05) is 6.92 Å². The van der Waals surface area contributed by atoms with Gasteiger partial charge in [0.25, 0.3) is 0 Å². The lowest BCUT2D eigenvalue weighted by Crippen LogP contribution is -2.60. The van der Waals surface area contributed by atoms with Crippen molar-refractivity contribution in [1.29, 1.82) is 0 Å². The van der Waals surface area contributed by atoms with Crippen LogP contribution in [0.25, 0.3) is 0 Å². The number of carbonyl (C=O) groups is 2. The van der Waals surface area contributed by atoms with E-state index in [0.29, 0.717) is 38.1 Å². The van der Waals surface area contributed by atoms with Gasteiger partial charge in [-0.15, -0.1) is 46.4 Å². The van der Waals surface area contributed by atoms with Crippen LogP contribution >= 0.6 is 46.4 Å². The summed E-state index contributed by atoms with van der Waals surface area (Å²) in [5.41, 5.74) is 1.30. The number of ether oxygens (including phenoxy) is 3.